The van der Waals surface area contributed by atoms with Crippen LogP contribution in [0.15, 0.2) is 224 Å². The predicted molar refractivity (Wildman–Crippen MR) is 295 cm³/mol. The van der Waals surface area contributed by atoms with E-state index in [-0.39, 0.29) is 5.41 Å². The molecule has 6 heteroatoms. The first-order valence-electron chi connectivity index (χ1n) is 25.0. The van der Waals surface area contributed by atoms with E-state index in [4.69, 9.17) is 0 Å². The Kier molecular flexibility index (Phi) is 8.56. The molecule has 0 spiro atoms. The third-order valence-corrected chi connectivity index (χ3v) is 16.3. The average Bonchev–Trinajstić information content (AvgIpc) is 4.19. The number of nitrogens with zero attached hydrogens (tertiary/aromatic N) is 4. The molecule has 0 bridgehead atoms. The van der Waals surface area contributed by atoms with Gasteiger partial charge in [-0.1, -0.05) is 133 Å². The molecule has 4 unspecified atom stereocenters. The van der Waals surface area contributed by atoms with Crippen molar-refractivity contribution in [2.24, 2.45) is 5.92 Å². The fourth-order valence-corrected chi connectivity index (χ4v) is 13.4. The summed E-state index contributed by atoms with van der Waals surface area (Å²) >= 11 is 0. The van der Waals surface area contributed by atoms with Crippen molar-refractivity contribution in [3.05, 3.63) is 252 Å². The van der Waals surface area contributed by atoms with E-state index >= 15 is 0 Å². The Morgan fingerprint density at radius 1 is 0.465 bits per heavy atom. The lowest BCUT2D eigenvalue weighted by atomic mass is 9.64. The van der Waals surface area contributed by atoms with Crippen molar-refractivity contribution in [2.75, 3.05) is 30.2 Å². The normalized spacial score (nSPS) is 20.0. The molecule has 9 aromatic carbocycles. The van der Waals surface area contributed by atoms with Gasteiger partial charge < -0.3 is 30.2 Å². The molecule has 71 heavy (non-hydrogen) atoms. The van der Waals surface area contributed by atoms with Crippen LogP contribution >= 0.6 is 0 Å². The highest BCUT2D eigenvalue weighted by molar-refractivity contribution is 6.16. The van der Waals surface area contributed by atoms with Crippen LogP contribution in [0.5, 0.6) is 0 Å². The van der Waals surface area contributed by atoms with Crippen molar-refractivity contribution in [1.29, 1.82) is 0 Å². The maximum atomic E-state index is 4.14. The molecule has 1 saturated carbocycles. The van der Waals surface area contributed by atoms with Gasteiger partial charge in [0.25, 0.3) is 0 Å². The summed E-state index contributed by atoms with van der Waals surface area (Å²) in [5, 5.41) is 7.84. The minimum atomic E-state index is -0.0422. The first-order chi connectivity index (χ1) is 35.1. The molecular weight excluding hydrogens is 865 g/mol. The van der Waals surface area contributed by atoms with Gasteiger partial charge in [0, 0.05) is 34.1 Å². The summed E-state index contributed by atoms with van der Waals surface area (Å²) in [6.07, 6.45) is 10.7. The first-order valence-corrected chi connectivity index (χ1v) is 25.0. The zero-order valence-electron chi connectivity index (χ0n) is 39.6. The molecule has 1 fully saturated rings. The van der Waals surface area contributed by atoms with Crippen molar-refractivity contribution in [2.45, 2.75) is 37.5 Å². The fraction of sp³-hybridized carbons (Fsp3) is 0.108. The lowest BCUT2D eigenvalue weighted by molar-refractivity contribution is 0.412. The molecule has 0 aromatic heterocycles. The van der Waals surface area contributed by atoms with E-state index < -0.39 is 0 Å². The molecule has 2 N–H and O–H groups in total. The maximum absolute atomic E-state index is 4.14. The first kappa shape index (κ1) is 40.2. The molecule has 3 aliphatic heterocycles. The highest BCUT2D eigenvalue weighted by Crippen LogP contribution is 2.74. The molecule has 0 radical (unpaired) electrons. The van der Waals surface area contributed by atoms with Crippen molar-refractivity contribution < 1.29 is 0 Å². The summed E-state index contributed by atoms with van der Waals surface area (Å²) in [6.45, 7) is 4.73. The van der Waals surface area contributed by atoms with Gasteiger partial charge in [-0.05, 0) is 151 Å². The number of fused-ring (bicyclic) bond motifs is 12. The molecule has 0 saturated heterocycles. The highest BCUT2D eigenvalue weighted by Gasteiger charge is 2.65. The number of rotatable bonds is 6. The van der Waals surface area contributed by atoms with Gasteiger partial charge in [0.2, 0.25) is 0 Å². The predicted octanol–water partition coefficient (Wildman–Crippen LogP) is 17.9. The van der Waals surface area contributed by atoms with E-state index in [0.717, 1.165) is 91.7 Å². The van der Waals surface area contributed by atoms with Crippen LogP contribution in [0.25, 0.3) is 0 Å². The van der Waals surface area contributed by atoms with Gasteiger partial charge in [0.05, 0.1) is 68.2 Å². The highest BCUT2D eigenvalue weighted by atomic mass is 15.3. The van der Waals surface area contributed by atoms with Crippen LogP contribution in [0.4, 0.5) is 91.0 Å². The summed E-state index contributed by atoms with van der Waals surface area (Å²) in [7, 11) is 0. The Morgan fingerprint density at radius 2 is 1.07 bits per heavy atom. The van der Waals surface area contributed by atoms with Gasteiger partial charge in [-0.2, -0.15) is 0 Å². The molecule has 6 nitrogen and oxygen atoms in total. The van der Waals surface area contributed by atoms with Gasteiger partial charge in [-0.25, -0.2) is 0 Å². The molecule has 3 heterocycles. The number of aryl methyl sites for hydroxylation is 1. The average molecular weight is 915 g/mol. The third-order valence-electron chi connectivity index (χ3n) is 16.3. The number of hydrogen-bond donors (Lipinski definition) is 2. The SMILES string of the molecule is Cc1cc2c3c(c1N1c4ccccc4N(c4cccc(Nc5ccccc5)c4)c4ccc(C56CC5c5ccccc5C5C=CC=CC56)c(C)c41)Nc1ccccc1N3c1ccccc1N2c1ccccc1. The van der Waals surface area contributed by atoms with Crippen LogP contribution in [0, 0.1) is 19.8 Å². The molecule has 3 aliphatic carbocycles. The topological polar surface area (TPSA) is 37.0 Å². The minimum Gasteiger partial charge on any atom is -0.355 e. The fourth-order valence-electron chi connectivity index (χ4n) is 13.4. The lowest BCUT2D eigenvalue weighted by Gasteiger charge is -2.47. The third kappa shape index (κ3) is 5.70. The second kappa shape index (κ2) is 15.1. The monoisotopic (exact) mass is 914 g/mol. The zero-order valence-corrected chi connectivity index (χ0v) is 39.6. The summed E-state index contributed by atoms with van der Waals surface area (Å²) < 4.78 is 0. The van der Waals surface area contributed by atoms with Crippen LogP contribution in [0.1, 0.15) is 46.1 Å². The zero-order chi connectivity index (χ0) is 47.0. The number of benzene rings is 9. The van der Waals surface area contributed by atoms with Gasteiger partial charge in [-0.3, -0.25) is 0 Å². The van der Waals surface area contributed by atoms with E-state index in [2.05, 4.69) is 269 Å². The number of hydrogen-bond acceptors (Lipinski definition) is 6. The Morgan fingerprint density at radius 3 is 1.85 bits per heavy atom. The van der Waals surface area contributed by atoms with Crippen LogP contribution in [0.2, 0.25) is 0 Å². The standard InChI is InChI=1S/C65H50N6/c1-41-38-60-64-61(67-53-30-13-14-31-54(53)70(64)57-34-17-15-32-55(57)68(60)45-23-7-4-8-24-45)62(41)71-58-35-18-16-33-56(58)69(46-25-19-22-44(39-46)66-43-20-5-3-6-21-43)59-37-36-50(42(2)63(59)71)65-40-52(65)49-28-10-9-26-47(49)48-27-11-12-29-51(48)65/h3-39,48,51-52,66-67H,40H2,1-2H3. The number of anilines is 16. The molecule has 15 rings (SSSR count). The Bertz CT molecular complexity index is 3730. The van der Waals surface area contributed by atoms with Crippen molar-refractivity contribution >= 4 is 91.0 Å². The van der Waals surface area contributed by atoms with Crippen LogP contribution in [-0.4, -0.2) is 0 Å². The van der Waals surface area contributed by atoms with Gasteiger partial charge in [0.15, 0.2) is 0 Å². The number of para-hydroxylation sites is 8. The largest absolute Gasteiger partial charge is 0.355 e. The van der Waals surface area contributed by atoms with Crippen LogP contribution < -0.4 is 30.2 Å². The quantitative estimate of drug-likeness (QED) is 0.173. The second-order valence-electron chi connectivity index (χ2n) is 20.0. The van der Waals surface area contributed by atoms with E-state index in [1.165, 1.54) is 33.5 Å². The van der Waals surface area contributed by atoms with Crippen molar-refractivity contribution in [3.8, 4) is 0 Å². The van der Waals surface area contributed by atoms with Crippen LogP contribution in [0.3, 0.4) is 0 Å². The van der Waals surface area contributed by atoms with E-state index in [1.54, 1.807) is 0 Å². The van der Waals surface area contributed by atoms with Gasteiger partial charge in [-0.15, -0.1) is 0 Å². The molecular formula is C65H50N6. The minimum absolute atomic E-state index is 0.0422. The summed E-state index contributed by atoms with van der Waals surface area (Å²) in [5.74, 6) is 1.13. The molecule has 340 valence electrons. The maximum Gasteiger partial charge on any atom is 0.0964 e. The smallest absolute Gasteiger partial charge is 0.0964 e. The van der Waals surface area contributed by atoms with Crippen molar-refractivity contribution in [3.63, 3.8) is 0 Å². The second-order valence-corrected chi connectivity index (χ2v) is 20.0. The number of nitrogens with one attached hydrogen (secondary N) is 2. The van der Waals surface area contributed by atoms with Gasteiger partial charge >= 0.3 is 0 Å². The number of allylic oxidation sites excluding steroid dienone is 4. The molecule has 4 atom stereocenters. The molecule has 0 amide bonds. The summed E-state index contributed by atoms with van der Waals surface area (Å²) in [6, 6.07) is 73.5. The summed E-state index contributed by atoms with van der Waals surface area (Å²) in [4.78, 5) is 10.1. The van der Waals surface area contributed by atoms with E-state index in [1.807, 2.05) is 0 Å². The Hall–Kier alpha value is -8.74. The Balaban J connectivity index is 1.00. The Labute approximate surface area is 415 Å². The summed E-state index contributed by atoms with van der Waals surface area (Å²) in [5.41, 5.74) is 24.8. The van der Waals surface area contributed by atoms with E-state index in [0.29, 0.717) is 17.8 Å². The van der Waals surface area contributed by atoms with Crippen molar-refractivity contribution in [1.82, 2.24) is 0 Å². The van der Waals surface area contributed by atoms with Gasteiger partial charge in [0.1, 0.15) is 0 Å². The molecule has 6 aliphatic rings. The molecule has 9 aromatic rings. The van der Waals surface area contributed by atoms with Crippen LogP contribution in [-0.2, 0) is 5.41 Å². The van der Waals surface area contributed by atoms with E-state index in [9.17, 15) is 0 Å². The lowest BCUT2D eigenvalue weighted by Crippen LogP contribution is -2.33.